The van der Waals surface area contributed by atoms with E-state index >= 15 is 0 Å². The minimum Gasteiger partial charge on any atom is -0.351 e. The van der Waals surface area contributed by atoms with Gasteiger partial charge in [-0.05, 0) is 32.0 Å². The first-order valence-corrected chi connectivity index (χ1v) is 7.29. The molecule has 0 saturated heterocycles. The molecule has 0 radical (unpaired) electrons. The third kappa shape index (κ3) is 4.16. The number of hydrogen-bond acceptors (Lipinski definition) is 2. The normalized spacial score (nSPS) is 10.9. The van der Waals surface area contributed by atoms with E-state index in [-0.39, 0.29) is 12.4 Å². The first kappa shape index (κ1) is 16.7. The second kappa shape index (κ2) is 7.05. The summed E-state index contributed by atoms with van der Waals surface area (Å²) in [5, 5.41) is 5.31. The van der Waals surface area contributed by atoms with Crippen LogP contribution in [0.2, 0.25) is 0 Å². The Morgan fingerprint density at radius 1 is 0.957 bits per heavy atom. The fourth-order valence-electron chi connectivity index (χ4n) is 1.95. The molecule has 2 aromatic carbocycles. The highest BCUT2D eigenvalue weighted by atomic mass is 19.1. The molecule has 0 aliphatic heterocycles. The number of amides is 2. The van der Waals surface area contributed by atoms with E-state index in [1.165, 1.54) is 19.9 Å². The highest BCUT2D eigenvalue weighted by Gasteiger charge is 2.36. The van der Waals surface area contributed by atoms with Crippen LogP contribution in [-0.4, -0.2) is 11.8 Å². The predicted molar refractivity (Wildman–Crippen MR) is 87.1 cm³/mol. The zero-order valence-electron chi connectivity index (χ0n) is 13.1. The molecule has 2 amide bonds. The van der Waals surface area contributed by atoms with Gasteiger partial charge in [-0.25, -0.2) is 4.39 Å². The topological polar surface area (TPSA) is 58.2 Å². The van der Waals surface area contributed by atoms with E-state index in [1.54, 1.807) is 42.5 Å². The fourth-order valence-corrected chi connectivity index (χ4v) is 1.95. The van der Waals surface area contributed by atoms with Crippen LogP contribution >= 0.6 is 0 Å². The molecule has 0 unspecified atom stereocenters. The van der Waals surface area contributed by atoms with Gasteiger partial charge in [0.2, 0.25) is 11.8 Å². The van der Waals surface area contributed by atoms with Crippen molar-refractivity contribution in [2.45, 2.75) is 20.4 Å². The van der Waals surface area contributed by atoms with E-state index in [0.29, 0.717) is 11.3 Å². The Morgan fingerprint density at radius 2 is 1.57 bits per heavy atom. The summed E-state index contributed by atoms with van der Waals surface area (Å²) in [6.45, 7) is 3.09. The molecule has 0 bridgehead atoms. The minimum atomic E-state index is -1.28. The van der Waals surface area contributed by atoms with Crippen molar-refractivity contribution >= 4 is 17.5 Å². The van der Waals surface area contributed by atoms with Gasteiger partial charge >= 0.3 is 0 Å². The summed E-state index contributed by atoms with van der Waals surface area (Å²) in [7, 11) is 0. The minimum absolute atomic E-state index is 0.0353. The van der Waals surface area contributed by atoms with Gasteiger partial charge in [0, 0.05) is 17.8 Å². The second-order valence-electron chi connectivity index (χ2n) is 5.72. The van der Waals surface area contributed by atoms with Crippen LogP contribution in [-0.2, 0) is 16.1 Å². The van der Waals surface area contributed by atoms with E-state index < -0.39 is 17.2 Å². The van der Waals surface area contributed by atoms with Crippen molar-refractivity contribution in [1.82, 2.24) is 5.32 Å². The Labute approximate surface area is 134 Å². The molecule has 0 saturated carbocycles. The number of hydrogen-bond donors (Lipinski definition) is 2. The Morgan fingerprint density at radius 3 is 2.22 bits per heavy atom. The van der Waals surface area contributed by atoms with Crippen molar-refractivity contribution in [3.8, 4) is 0 Å². The first-order chi connectivity index (χ1) is 10.9. The Bertz CT molecular complexity index is 699. The summed E-state index contributed by atoms with van der Waals surface area (Å²) in [6, 6.07) is 15.1. The zero-order chi connectivity index (χ0) is 16.9. The lowest BCUT2D eigenvalue weighted by molar-refractivity contribution is -0.138. The maximum absolute atomic E-state index is 13.6. The largest absolute Gasteiger partial charge is 0.351 e. The third-order valence-electron chi connectivity index (χ3n) is 3.56. The van der Waals surface area contributed by atoms with Gasteiger partial charge in [-0.3, -0.25) is 9.59 Å². The maximum Gasteiger partial charge on any atom is 0.239 e. The fraction of sp³-hybridized carbons (Fsp3) is 0.222. The van der Waals surface area contributed by atoms with Gasteiger partial charge in [-0.15, -0.1) is 0 Å². The SMILES string of the molecule is CC(C)(C(=O)NCc1ccccc1F)C(=O)Nc1ccccc1. The van der Waals surface area contributed by atoms with Crippen LogP contribution in [0.3, 0.4) is 0 Å². The number of nitrogens with one attached hydrogen (secondary N) is 2. The van der Waals surface area contributed by atoms with Gasteiger partial charge in [0.15, 0.2) is 0 Å². The first-order valence-electron chi connectivity index (χ1n) is 7.29. The van der Waals surface area contributed by atoms with Crippen molar-refractivity contribution in [3.05, 3.63) is 66.0 Å². The molecule has 2 N–H and O–H groups in total. The van der Waals surface area contributed by atoms with Gasteiger partial charge in [0.05, 0.1) is 0 Å². The monoisotopic (exact) mass is 314 g/mol. The standard InChI is InChI=1S/C18H19FN2O2/c1-18(2,17(23)21-14-9-4-3-5-10-14)16(22)20-12-13-8-6-7-11-15(13)19/h3-11H,12H2,1-2H3,(H,20,22)(H,21,23). The van der Waals surface area contributed by atoms with Crippen LogP contribution in [0.15, 0.2) is 54.6 Å². The van der Waals surface area contributed by atoms with Gasteiger partial charge in [-0.1, -0.05) is 36.4 Å². The number of carbonyl (C=O) groups is 2. The molecule has 2 rings (SSSR count). The number of halogens is 1. The van der Waals surface area contributed by atoms with Gasteiger partial charge < -0.3 is 10.6 Å². The average Bonchev–Trinajstić information content (AvgIpc) is 2.54. The summed E-state index contributed by atoms with van der Waals surface area (Å²) < 4.78 is 13.6. The van der Waals surface area contributed by atoms with E-state index in [2.05, 4.69) is 10.6 Å². The molecule has 2 aromatic rings. The molecule has 0 aliphatic rings. The van der Waals surface area contributed by atoms with Crippen molar-refractivity contribution < 1.29 is 14.0 Å². The highest BCUT2D eigenvalue weighted by molar-refractivity contribution is 6.09. The quantitative estimate of drug-likeness (QED) is 0.833. The van der Waals surface area contributed by atoms with Crippen molar-refractivity contribution in [3.63, 3.8) is 0 Å². The molecule has 0 heterocycles. The molecule has 23 heavy (non-hydrogen) atoms. The van der Waals surface area contributed by atoms with Crippen LogP contribution in [0.4, 0.5) is 10.1 Å². The molecular weight excluding hydrogens is 295 g/mol. The lowest BCUT2D eigenvalue weighted by Crippen LogP contribution is -2.44. The Balaban J connectivity index is 1.99. The molecule has 120 valence electrons. The summed E-state index contributed by atoms with van der Waals surface area (Å²) in [4.78, 5) is 24.6. The molecule has 5 heteroatoms. The van der Waals surface area contributed by atoms with Crippen LogP contribution in [0.5, 0.6) is 0 Å². The van der Waals surface area contributed by atoms with Crippen LogP contribution < -0.4 is 10.6 Å². The van der Waals surface area contributed by atoms with E-state index in [0.717, 1.165) is 0 Å². The number of para-hydroxylation sites is 1. The van der Waals surface area contributed by atoms with E-state index in [1.807, 2.05) is 6.07 Å². The Kier molecular flexibility index (Phi) is 5.11. The van der Waals surface area contributed by atoms with Gasteiger partial charge in [-0.2, -0.15) is 0 Å². The van der Waals surface area contributed by atoms with Gasteiger partial charge in [0.1, 0.15) is 11.2 Å². The lowest BCUT2D eigenvalue weighted by Gasteiger charge is -2.22. The lowest BCUT2D eigenvalue weighted by atomic mass is 9.90. The smallest absolute Gasteiger partial charge is 0.239 e. The summed E-state index contributed by atoms with van der Waals surface area (Å²) >= 11 is 0. The molecule has 0 aromatic heterocycles. The number of carbonyl (C=O) groups excluding carboxylic acids is 2. The molecule has 0 fully saturated rings. The predicted octanol–water partition coefficient (Wildman–Crippen LogP) is 3.11. The van der Waals surface area contributed by atoms with Crippen molar-refractivity contribution in [2.75, 3.05) is 5.32 Å². The van der Waals surface area contributed by atoms with Crippen LogP contribution in [0.25, 0.3) is 0 Å². The molecule has 0 aliphatic carbocycles. The van der Waals surface area contributed by atoms with Crippen LogP contribution in [0, 0.1) is 11.2 Å². The number of benzene rings is 2. The molecule has 0 atom stereocenters. The summed E-state index contributed by atoms with van der Waals surface area (Å²) in [6.07, 6.45) is 0. The molecule has 4 nitrogen and oxygen atoms in total. The number of rotatable bonds is 5. The zero-order valence-corrected chi connectivity index (χ0v) is 13.1. The van der Waals surface area contributed by atoms with Crippen LogP contribution in [0.1, 0.15) is 19.4 Å². The van der Waals surface area contributed by atoms with E-state index in [9.17, 15) is 14.0 Å². The third-order valence-corrected chi connectivity index (χ3v) is 3.56. The summed E-state index contributed by atoms with van der Waals surface area (Å²) in [5.41, 5.74) is -0.284. The second-order valence-corrected chi connectivity index (χ2v) is 5.72. The molecular formula is C18H19FN2O2. The van der Waals surface area contributed by atoms with Crippen molar-refractivity contribution in [1.29, 1.82) is 0 Å². The maximum atomic E-state index is 13.6. The Hall–Kier alpha value is -2.69. The molecule has 0 spiro atoms. The highest BCUT2D eigenvalue weighted by Crippen LogP contribution is 2.19. The van der Waals surface area contributed by atoms with Crippen molar-refractivity contribution in [2.24, 2.45) is 5.41 Å². The average molecular weight is 314 g/mol. The number of anilines is 1. The van der Waals surface area contributed by atoms with E-state index in [4.69, 9.17) is 0 Å². The summed E-state index contributed by atoms with van der Waals surface area (Å²) in [5.74, 6) is -1.27. The van der Waals surface area contributed by atoms with Gasteiger partial charge in [0.25, 0.3) is 0 Å².